The lowest BCUT2D eigenvalue weighted by atomic mass is 9.88. The van der Waals surface area contributed by atoms with Crippen LogP contribution in [0.5, 0.6) is 0 Å². The van der Waals surface area contributed by atoms with E-state index >= 15 is 0 Å². The van der Waals surface area contributed by atoms with Crippen LogP contribution < -0.4 is 9.68 Å². The lowest BCUT2D eigenvalue weighted by molar-refractivity contribution is 0.00578. The minimum Gasteiger partial charge on any atom is -0.399 e. The average Bonchev–Trinajstić information content (AvgIpc) is 3.02. The van der Waals surface area contributed by atoms with Crippen molar-refractivity contribution in [3.63, 3.8) is 0 Å². The van der Waals surface area contributed by atoms with Gasteiger partial charge in [0.25, 0.3) is 0 Å². The SMILES string of the molecule is CN(C)c1ccc(-c2ccc(B3OC(C)(C)C(C)(C)O3)s2)cc1. The fraction of sp³-hybridized carbons (Fsp3) is 0.444. The van der Waals surface area contributed by atoms with Gasteiger partial charge in [-0.1, -0.05) is 18.2 Å². The molecule has 122 valence electrons. The molecule has 23 heavy (non-hydrogen) atoms. The van der Waals surface area contributed by atoms with Crippen molar-refractivity contribution in [2.45, 2.75) is 38.9 Å². The van der Waals surface area contributed by atoms with Gasteiger partial charge in [0.1, 0.15) is 0 Å². The van der Waals surface area contributed by atoms with Crippen LogP contribution in [0.1, 0.15) is 27.7 Å². The third-order valence-electron chi connectivity index (χ3n) is 4.78. The molecular formula is C18H24BNO2S. The highest BCUT2D eigenvalue weighted by Crippen LogP contribution is 2.37. The van der Waals surface area contributed by atoms with E-state index in [2.05, 4.69) is 83.1 Å². The second-order valence-electron chi connectivity index (χ2n) is 7.23. The first-order chi connectivity index (χ1) is 10.7. The first-order valence-electron chi connectivity index (χ1n) is 7.93. The van der Waals surface area contributed by atoms with Crippen molar-refractivity contribution in [1.82, 2.24) is 0 Å². The van der Waals surface area contributed by atoms with Crippen molar-refractivity contribution in [3.8, 4) is 10.4 Å². The van der Waals surface area contributed by atoms with Crippen molar-refractivity contribution in [2.24, 2.45) is 0 Å². The highest BCUT2D eigenvalue weighted by atomic mass is 32.1. The average molecular weight is 329 g/mol. The van der Waals surface area contributed by atoms with E-state index in [4.69, 9.17) is 9.31 Å². The highest BCUT2D eigenvalue weighted by molar-refractivity contribution is 7.25. The maximum absolute atomic E-state index is 6.13. The summed E-state index contributed by atoms with van der Waals surface area (Å²) in [6.45, 7) is 8.34. The predicted octanol–water partition coefficient (Wildman–Crippen LogP) is 3.78. The third-order valence-corrected chi connectivity index (χ3v) is 5.94. The lowest BCUT2D eigenvalue weighted by Gasteiger charge is -2.32. The third kappa shape index (κ3) is 3.05. The van der Waals surface area contributed by atoms with Gasteiger partial charge < -0.3 is 14.2 Å². The first-order valence-corrected chi connectivity index (χ1v) is 8.74. The maximum atomic E-state index is 6.13. The Hall–Kier alpha value is -1.30. The molecule has 1 saturated heterocycles. The molecule has 0 N–H and O–H groups in total. The Morgan fingerprint density at radius 2 is 1.43 bits per heavy atom. The number of benzene rings is 1. The largest absolute Gasteiger partial charge is 0.505 e. The normalized spacial score (nSPS) is 19.1. The van der Waals surface area contributed by atoms with E-state index in [1.807, 2.05) is 0 Å². The van der Waals surface area contributed by atoms with E-state index in [1.165, 1.54) is 16.1 Å². The summed E-state index contributed by atoms with van der Waals surface area (Å²) >= 11 is 1.74. The van der Waals surface area contributed by atoms with Crippen LogP contribution in [-0.2, 0) is 9.31 Å². The summed E-state index contributed by atoms with van der Waals surface area (Å²) in [7, 11) is 3.83. The zero-order valence-electron chi connectivity index (χ0n) is 14.7. The van der Waals surface area contributed by atoms with Crippen LogP contribution >= 0.6 is 11.3 Å². The Labute approximate surface area is 143 Å². The molecular weight excluding hydrogens is 305 g/mol. The number of thiophene rings is 1. The Bertz CT molecular complexity index is 675. The van der Waals surface area contributed by atoms with Crippen LogP contribution in [-0.4, -0.2) is 32.4 Å². The van der Waals surface area contributed by atoms with Gasteiger partial charge in [0, 0.05) is 29.4 Å². The molecule has 0 saturated carbocycles. The lowest BCUT2D eigenvalue weighted by Crippen LogP contribution is -2.41. The zero-order valence-corrected chi connectivity index (χ0v) is 15.5. The molecule has 3 nitrogen and oxygen atoms in total. The molecule has 0 aliphatic carbocycles. The van der Waals surface area contributed by atoms with Gasteiger partial charge in [0.05, 0.1) is 11.2 Å². The van der Waals surface area contributed by atoms with Gasteiger partial charge in [-0.2, -0.15) is 0 Å². The van der Waals surface area contributed by atoms with Crippen molar-refractivity contribution in [2.75, 3.05) is 19.0 Å². The molecule has 1 aromatic carbocycles. The number of hydrogen-bond acceptors (Lipinski definition) is 4. The van der Waals surface area contributed by atoms with E-state index in [0.717, 1.165) is 4.78 Å². The van der Waals surface area contributed by atoms with Crippen molar-refractivity contribution in [1.29, 1.82) is 0 Å². The van der Waals surface area contributed by atoms with Crippen LogP contribution in [0.4, 0.5) is 5.69 Å². The smallest absolute Gasteiger partial charge is 0.399 e. The second kappa shape index (κ2) is 5.65. The minimum absolute atomic E-state index is 0.278. The molecule has 1 fully saturated rings. The second-order valence-corrected chi connectivity index (χ2v) is 8.35. The van der Waals surface area contributed by atoms with Gasteiger partial charge in [0.2, 0.25) is 0 Å². The van der Waals surface area contributed by atoms with Gasteiger partial charge >= 0.3 is 7.12 Å². The Kier molecular flexibility index (Phi) is 4.07. The molecule has 2 aromatic rings. The van der Waals surface area contributed by atoms with Crippen molar-refractivity contribution < 1.29 is 9.31 Å². The molecule has 0 amide bonds. The molecule has 5 heteroatoms. The van der Waals surface area contributed by atoms with E-state index in [0.29, 0.717) is 0 Å². The van der Waals surface area contributed by atoms with Crippen molar-refractivity contribution >= 4 is 28.9 Å². The fourth-order valence-corrected chi connectivity index (χ4v) is 3.49. The highest BCUT2D eigenvalue weighted by Gasteiger charge is 2.52. The monoisotopic (exact) mass is 329 g/mol. The molecule has 1 aliphatic heterocycles. The molecule has 0 radical (unpaired) electrons. The summed E-state index contributed by atoms with van der Waals surface area (Å²) in [5, 5.41) is 0. The van der Waals surface area contributed by atoms with E-state index < -0.39 is 0 Å². The van der Waals surface area contributed by atoms with Gasteiger partial charge in [0.15, 0.2) is 0 Å². The van der Waals surface area contributed by atoms with Gasteiger partial charge in [-0.15, -0.1) is 11.3 Å². The minimum atomic E-state index is -0.296. The predicted molar refractivity (Wildman–Crippen MR) is 99.8 cm³/mol. The molecule has 0 unspecified atom stereocenters. The molecule has 0 atom stereocenters. The van der Waals surface area contributed by atoms with E-state index in [-0.39, 0.29) is 18.3 Å². The van der Waals surface area contributed by atoms with E-state index in [9.17, 15) is 0 Å². The van der Waals surface area contributed by atoms with Crippen LogP contribution in [0.25, 0.3) is 10.4 Å². The quantitative estimate of drug-likeness (QED) is 0.800. The summed E-state index contributed by atoms with van der Waals surface area (Å²) in [4.78, 5) is 3.34. The number of rotatable bonds is 3. The van der Waals surface area contributed by atoms with Crippen molar-refractivity contribution in [3.05, 3.63) is 36.4 Å². The maximum Gasteiger partial charge on any atom is 0.505 e. The van der Waals surface area contributed by atoms with Crippen LogP contribution in [0.2, 0.25) is 0 Å². The molecule has 1 aromatic heterocycles. The van der Waals surface area contributed by atoms with Crippen LogP contribution in [0.15, 0.2) is 36.4 Å². The standard InChI is InChI=1S/C18H24BNO2S/c1-17(2)18(3,4)22-19(21-17)16-12-11-15(23-16)13-7-9-14(10-8-13)20(5)6/h7-12H,1-6H3. The van der Waals surface area contributed by atoms with E-state index in [1.54, 1.807) is 11.3 Å². The van der Waals surface area contributed by atoms with Gasteiger partial charge in [-0.3, -0.25) is 0 Å². The number of anilines is 1. The molecule has 0 spiro atoms. The Balaban J connectivity index is 1.81. The summed E-state index contributed by atoms with van der Waals surface area (Å²) in [6, 6.07) is 12.9. The summed E-state index contributed by atoms with van der Waals surface area (Å²) in [5.74, 6) is 0. The van der Waals surface area contributed by atoms with Crippen LogP contribution in [0.3, 0.4) is 0 Å². The fourth-order valence-electron chi connectivity index (χ4n) is 2.52. The topological polar surface area (TPSA) is 21.7 Å². The number of hydrogen-bond donors (Lipinski definition) is 0. The number of nitrogens with zero attached hydrogens (tertiary/aromatic N) is 1. The molecule has 2 heterocycles. The van der Waals surface area contributed by atoms with Crippen LogP contribution in [0, 0.1) is 0 Å². The zero-order chi connectivity index (χ0) is 16.8. The van der Waals surface area contributed by atoms with Gasteiger partial charge in [-0.05, 0) is 51.5 Å². The Morgan fingerprint density at radius 3 is 1.96 bits per heavy atom. The molecule has 3 rings (SSSR count). The van der Waals surface area contributed by atoms with Gasteiger partial charge in [-0.25, -0.2) is 0 Å². The molecule has 0 bridgehead atoms. The first kappa shape index (κ1) is 16.6. The summed E-state index contributed by atoms with van der Waals surface area (Å²) in [6.07, 6.45) is 0. The Morgan fingerprint density at radius 1 is 0.870 bits per heavy atom. The molecule has 1 aliphatic rings. The summed E-state index contributed by atoms with van der Waals surface area (Å²) in [5.41, 5.74) is 1.84. The summed E-state index contributed by atoms with van der Waals surface area (Å²) < 4.78 is 13.4.